The van der Waals surface area contributed by atoms with Crippen molar-refractivity contribution in [2.24, 2.45) is 10.8 Å². The molecule has 0 aliphatic carbocycles. The van der Waals surface area contributed by atoms with Crippen molar-refractivity contribution in [3.63, 3.8) is 0 Å². The Hall–Kier alpha value is -2.06. The van der Waals surface area contributed by atoms with Crippen LogP contribution < -0.4 is 11.2 Å². The Morgan fingerprint density at radius 2 is 1.60 bits per heavy atom. The van der Waals surface area contributed by atoms with Gasteiger partial charge >= 0.3 is 31.5 Å². The highest BCUT2D eigenvalue weighted by Crippen LogP contribution is 2.34. The minimum atomic E-state index is -2.28. The maximum absolute atomic E-state index is 12.7. The second-order valence-corrected chi connectivity index (χ2v) is 11.1. The molecule has 0 saturated heterocycles. The summed E-state index contributed by atoms with van der Waals surface area (Å²) in [5, 5.41) is 0. The summed E-state index contributed by atoms with van der Waals surface area (Å²) in [5.41, 5.74) is -2.85. The van der Waals surface area contributed by atoms with Gasteiger partial charge in [-0.05, 0) is 63.5 Å². The normalized spacial score (nSPS) is 12.9. The number of ether oxygens (including phenoxy) is 2. The van der Waals surface area contributed by atoms with Gasteiger partial charge in [0.15, 0.2) is 6.16 Å². The van der Waals surface area contributed by atoms with Crippen LogP contribution >= 0.6 is 23.7 Å². The number of carbonyl (C=O) groups excluding carboxylic acids is 2. The summed E-state index contributed by atoms with van der Waals surface area (Å²) >= 11 is 3.04. The van der Waals surface area contributed by atoms with E-state index in [0.717, 1.165) is 0 Å². The molecule has 0 spiro atoms. The Bertz CT molecular complexity index is 923. The first-order valence-corrected chi connectivity index (χ1v) is 11.4. The largest absolute Gasteiger partial charge is 0.451 e. The molecule has 1 aromatic heterocycles. The van der Waals surface area contributed by atoms with Crippen LogP contribution in [0.15, 0.2) is 32.4 Å². The molecule has 1 atom stereocenters. The van der Waals surface area contributed by atoms with E-state index in [1.807, 2.05) is 0 Å². The number of aromatic nitrogens is 2. The molecule has 11 heteroatoms. The van der Waals surface area contributed by atoms with E-state index in [4.69, 9.17) is 9.47 Å². The average Bonchev–Trinajstić information content (AvgIpc) is 2.60. The standard InChI is InChI=1S/C19H26BrN2O7P/c1-18(2,3)14(24)28-17(29-15(25)19(4,5)6)30(27)10-8-7-9-22-11-12(20)13(23)21-16(22)26/h7-8,11,17H,9-10H2,1-6H3/p+1. The van der Waals surface area contributed by atoms with E-state index in [9.17, 15) is 23.7 Å². The van der Waals surface area contributed by atoms with Crippen molar-refractivity contribution in [1.29, 1.82) is 0 Å². The first-order valence-electron chi connectivity index (χ1n) is 9.13. The van der Waals surface area contributed by atoms with Gasteiger partial charge in [0.2, 0.25) is 0 Å². The molecule has 1 N–H and O–H groups in total. The van der Waals surface area contributed by atoms with Crippen molar-refractivity contribution in [2.75, 3.05) is 6.16 Å². The van der Waals surface area contributed by atoms with Crippen LogP contribution in [0.4, 0.5) is 0 Å². The maximum Gasteiger partial charge on any atom is 0.451 e. The van der Waals surface area contributed by atoms with Crippen molar-refractivity contribution in [3.05, 3.63) is 43.7 Å². The number of halogens is 1. The molecule has 0 bridgehead atoms. The first kappa shape index (κ1) is 26.0. The number of allylic oxidation sites excluding steroid dienone is 2. The summed E-state index contributed by atoms with van der Waals surface area (Å²) in [6.07, 6.45) is 4.37. The van der Waals surface area contributed by atoms with Gasteiger partial charge in [0.05, 0.1) is 15.3 Å². The van der Waals surface area contributed by atoms with E-state index in [1.54, 1.807) is 47.6 Å². The number of aromatic amines is 1. The number of rotatable bonds is 7. The molecule has 0 aliphatic rings. The highest BCUT2D eigenvalue weighted by molar-refractivity contribution is 9.10. The highest BCUT2D eigenvalue weighted by Gasteiger charge is 2.41. The molecule has 1 unspecified atom stereocenters. The van der Waals surface area contributed by atoms with Crippen LogP contribution in [0.5, 0.6) is 0 Å². The van der Waals surface area contributed by atoms with E-state index in [0.29, 0.717) is 0 Å². The molecule has 0 fully saturated rings. The van der Waals surface area contributed by atoms with Gasteiger partial charge in [0, 0.05) is 12.7 Å². The topological polar surface area (TPSA) is 125 Å². The Labute approximate surface area is 183 Å². The molecule has 0 radical (unpaired) electrons. The van der Waals surface area contributed by atoms with E-state index >= 15 is 0 Å². The van der Waals surface area contributed by atoms with E-state index < -0.39 is 47.8 Å². The van der Waals surface area contributed by atoms with Crippen LogP contribution in [-0.4, -0.2) is 33.7 Å². The summed E-state index contributed by atoms with van der Waals surface area (Å²) in [6, 6.07) is -1.52. The zero-order valence-corrected chi connectivity index (χ0v) is 20.3. The quantitative estimate of drug-likeness (QED) is 0.261. The number of hydrogen-bond donors (Lipinski definition) is 1. The predicted molar refractivity (Wildman–Crippen MR) is 116 cm³/mol. The SMILES string of the molecule is CC(C)(C)C(=O)OC(OC(=O)C(C)(C)C)[P+](=O)CC=CCn1cc(Br)c(=O)[nH]c1=O. The molecule has 166 valence electrons. The maximum atomic E-state index is 12.7. The van der Waals surface area contributed by atoms with Crippen molar-refractivity contribution in [1.82, 2.24) is 9.55 Å². The molecule has 0 aliphatic heterocycles. The zero-order valence-electron chi connectivity index (χ0n) is 17.9. The molecule has 1 heterocycles. The Balaban J connectivity index is 2.88. The van der Waals surface area contributed by atoms with Crippen LogP contribution in [0, 0.1) is 10.8 Å². The van der Waals surface area contributed by atoms with Gasteiger partial charge in [0.25, 0.3) is 5.56 Å². The number of H-pyrrole nitrogens is 1. The monoisotopic (exact) mass is 505 g/mol. The summed E-state index contributed by atoms with van der Waals surface area (Å²) in [4.78, 5) is 49.6. The molecule has 0 saturated carbocycles. The third-order valence-corrected chi connectivity index (χ3v) is 5.41. The van der Waals surface area contributed by atoms with Gasteiger partial charge < -0.3 is 9.47 Å². The first-order chi connectivity index (χ1) is 13.6. The van der Waals surface area contributed by atoms with Crippen LogP contribution in [0.2, 0.25) is 0 Å². The van der Waals surface area contributed by atoms with Gasteiger partial charge in [0.1, 0.15) is 0 Å². The lowest BCUT2D eigenvalue weighted by Gasteiger charge is -2.21. The summed E-state index contributed by atoms with van der Waals surface area (Å²) in [7, 11) is -2.28. The van der Waals surface area contributed by atoms with Crippen molar-refractivity contribution >= 4 is 35.7 Å². The average molecular weight is 506 g/mol. The highest BCUT2D eigenvalue weighted by atomic mass is 79.9. The van der Waals surface area contributed by atoms with Crippen LogP contribution in [0.3, 0.4) is 0 Å². The molecule has 0 amide bonds. The van der Waals surface area contributed by atoms with E-state index in [-0.39, 0.29) is 17.2 Å². The molecule has 1 rings (SSSR count). The summed E-state index contributed by atoms with van der Waals surface area (Å²) < 4.78 is 24.5. The number of hydrogen-bond acceptors (Lipinski definition) is 7. The van der Waals surface area contributed by atoms with Gasteiger partial charge in [-0.3, -0.25) is 23.9 Å². The van der Waals surface area contributed by atoms with E-state index in [2.05, 4.69) is 20.9 Å². The number of nitrogens with one attached hydrogen (secondary N) is 1. The minimum Gasteiger partial charge on any atom is -0.384 e. The molecule has 1 aromatic rings. The summed E-state index contributed by atoms with van der Waals surface area (Å²) in [6.45, 7) is 9.90. The second-order valence-electron chi connectivity index (χ2n) is 8.58. The molecular weight excluding hydrogens is 479 g/mol. The lowest BCUT2D eigenvalue weighted by atomic mass is 9.97. The molecule has 0 aromatic carbocycles. The van der Waals surface area contributed by atoms with E-state index in [1.165, 1.54) is 16.8 Å². The lowest BCUT2D eigenvalue weighted by molar-refractivity contribution is -0.184. The third-order valence-electron chi connectivity index (χ3n) is 3.60. The fraction of sp³-hybridized carbons (Fsp3) is 0.579. The minimum absolute atomic E-state index is 0.0475. The molecule has 9 nitrogen and oxygen atoms in total. The Kier molecular flexibility index (Phi) is 8.92. The number of carbonyl (C=O) groups is 2. The van der Waals surface area contributed by atoms with Crippen LogP contribution in [-0.2, 0) is 30.2 Å². The van der Waals surface area contributed by atoms with Crippen molar-refractivity contribution < 1.29 is 23.6 Å². The lowest BCUT2D eigenvalue weighted by Crippen LogP contribution is -2.33. The zero-order chi connectivity index (χ0) is 23.3. The second kappa shape index (κ2) is 10.3. The number of nitrogens with zero attached hydrogens (tertiary/aromatic N) is 1. The Morgan fingerprint density at radius 1 is 1.10 bits per heavy atom. The third kappa shape index (κ3) is 7.99. The van der Waals surface area contributed by atoms with Gasteiger partial charge in [-0.25, -0.2) is 4.79 Å². The van der Waals surface area contributed by atoms with Gasteiger partial charge in [-0.15, -0.1) is 0 Å². The summed E-state index contributed by atoms with van der Waals surface area (Å²) in [5.74, 6) is -1.29. The van der Waals surface area contributed by atoms with Gasteiger partial charge in [-0.2, -0.15) is 0 Å². The number of esters is 2. The Morgan fingerprint density at radius 3 is 2.07 bits per heavy atom. The predicted octanol–water partition coefficient (Wildman–Crippen LogP) is 3.14. The van der Waals surface area contributed by atoms with Crippen molar-refractivity contribution in [3.8, 4) is 0 Å². The van der Waals surface area contributed by atoms with Crippen LogP contribution in [0.1, 0.15) is 41.5 Å². The van der Waals surface area contributed by atoms with Crippen molar-refractivity contribution in [2.45, 2.75) is 54.1 Å². The molecular formula is C19H27BrN2O7P+. The van der Waals surface area contributed by atoms with Crippen LogP contribution in [0.25, 0.3) is 0 Å². The van der Waals surface area contributed by atoms with Gasteiger partial charge in [-0.1, -0.05) is 10.6 Å². The molecule has 30 heavy (non-hydrogen) atoms. The smallest absolute Gasteiger partial charge is 0.384 e. The fourth-order valence-corrected chi connectivity index (χ4v) is 3.05. The fourth-order valence-electron chi connectivity index (χ4n) is 1.75.